The molecule has 39 heavy (non-hydrogen) atoms. The number of nitrogens with one attached hydrogen (secondary N) is 2. The number of hydrogen-bond acceptors (Lipinski definition) is 4. The molecule has 2 N–H and O–H groups in total. The van der Waals surface area contributed by atoms with Crippen molar-refractivity contribution in [2.75, 3.05) is 25.1 Å². The summed E-state index contributed by atoms with van der Waals surface area (Å²) in [6, 6.07) is 14.0. The minimum atomic E-state index is -1.33. The average Bonchev–Trinajstić information content (AvgIpc) is 3.16. The first-order valence-corrected chi connectivity index (χ1v) is 13.5. The highest BCUT2D eigenvalue weighted by Crippen LogP contribution is 2.59. The Bertz CT molecular complexity index is 1510. The molecule has 2 amide bonds. The van der Waals surface area contributed by atoms with Gasteiger partial charge < -0.3 is 20.1 Å². The molecule has 0 saturated carbocycles. The van der Waals surface area contributed by atoms with Gasteiger partial charge in [-0.1, -0.05) is 42.3 Å². The van der Waals surface area contributed by atoms with Gasteiger partial charge in [0.2, 0.25) is 11.8 Å². The summed E-state index contributed by atoms with van der Waals surface area (Å²) in [5, 5.41) is 6.95. The van der Waals surface area contributed by atoms with Crippen LogP contribution in [-0.2, 0) is 19.7 Å². The van der Waals surface area contributed by atoms with Crippen LogP contribution < -0.4 is 15.4 Å². The van der Waals surface area contributed by atoms with E-state index in [1.165, 1.54) is 12.1 Å². The maximum Gasteiger partial charge on any atom is 0.238 e. The van der Waals surface area contributed by atoms with Crippen molar-refractivity contribution < 1.29 is 23.5 Å². The molecule has 6 nitrogen and oxygen atoms in total. The SMILES string of the molecule is Cc1ccc(F)cc1[C@@H]1NC(=O)C[C@H](c2cc(Cl)ccc2OCC2(C)COC2)[C@@]12C(=O)Nc1cc(Cl)ccc12. The molecule has 3 aliphatic heterocycles. The number of carbonyl (C=O) groups is 2. The van der Waals surface area contributed by atoms with Crippen LogP contribution in [0.2, 0.25) is 10.0 Å². The molecule has 3 aromatic carbocycles. The number of amides is 2. The van der Waals surface area contributed by atoms with Crippen molar-refractivity contribution in [1.29, 1.82) is 0 Å². The Labute approximate surface area is 235 Å². The molecule has 1 spiro atoms. The Morgan fingerprint density at radius 1 is 1.03 bits per heavy atom. The van der Waals surface area contributed by atoms with Gasteiger partial charge in [-0.15, -0.1) is 0 Å². The van der Waals surface area contributed by atoms with Crippen molar-refractivity contribution >= 4 is 40.7 Å². The van der Waals surface area contributed by atoms with E-state index in [9.17, 15) is 14.0 Å². The summed E-state index contributed by atoms with van der Waals surface area (Å²) in [4.78, 5) is 27.6. The van der Waals surface area contributed by atoms with Crippen molar-refractivity contribution in [3.8, 4) is 5.75 Å². The summed E-state index contributed by atoms with van der Waals surface area (Å²) in [5.41, 5.74) is 1.66. The molecular weight excluding hydrogens is 542 g/mol. The van der Waals surface area contributed by atoms with Gasteiger partial charge in [0.25, 0.3) is 0 Å². The second-order valence-electron chi connectivity index (χ2n) is 11.0. The molecule has 3 atom stereocenters. The van der Waals surface area contributed by atoms with Crippen LogP contribution in [0.3, 0.4) is 0 Å². The zero-order valence-corrected chi connectivity index (χ0v) is 23.0. The summed E-state index contributed by atoms with van der Waals surface area (Å²) in [7, 11) is 0. The van der Waals surface area contributed by atoms with Gasteiger partial charge in [0.15, 0.2) is 0 Å². The molecule has 0 bridgehead atoms. The van der Waals surface area contributed by atoms with Crippen LogP contribution >= 0.6 is 23.2 Å². The lowest BCUT2D eigenvalue weighted by atomic mass is 9.59. The number of hydrogen-bond donors (Lipinski definition) is 2. The minimum Gasteiger partial charge on any atom is -0.493 e. The van der Waals surface area contributed by atoms with Crippen LogP contribution in [0.5, 0.6) is 5.75 Å². The molecule has 3 aliphatic rings. The predicted octanol–water partition coefficient (Wildman–Crippen LogP) is 6.09. The van der Waals surface area contributed by atoms with Gasteiger partial charge in [0, 0.05) is 39.0 Å². The third kappa shape index (κ3) is 4.28. The number of ether oxygens (including phenoxy) is 2. The lowest BCUT2D eigenvalue weighted by molar-refractivity contribution is -0.131. The van der Waals surface area contributed by atoms with Gasteiger partial charge in [0.1, 0.15) is 17.0 Å². The lowest BCUT2D eigenvalue weighted by Gasteiger charge is -2.47. The second-order valence-corrected chi connectivity index (χ2v) is 11.9. The first kappa shape index (κ1) is 26.1. The first-order valence-electron chi connectivity index (χ1n) is 12.8. The monoisotopic (exact) mass is 568 g/mol. The van der Waals surface area contributed by atoms with Crippen molar-refractivity contribution in [2.24, 2.45) is 5.41 Å². The fraction of sp³-hybridized carbons (Fsp3) is 0.333. The fourth-order valence-electron chi connectivity index (χ4n) is 6.15. The van der Waals surface area contributed by atoms with E-state index in [0.717, 1.165) is 5.56 Å². The van der Waals surface area contributed by atoms with Crippen molar-refractivity contribution in [3.63, 3.8) is 0 Å². The number of carbonyl (C=O) groups excluding carboxylic acids is 2. The second kappa shape index (κ2) is 9.51. The van der Waals surface area contributed by atoms with Crippen LogP contribution in [0, 0.1) is 18.2 Å². The van der Waals surface area contributed by atoms with Crippen molar-refractivity contribution in [1.82, 2.24) is 5.32 Å². The maximum atomic E-state index is 14.6. The Balaban J connectivity index is 1.58. The maximum absolute atomic E-state index is 14.6. The smallest absolute Gasteiger partial charge is 0.238 e. The normalized spacial score (nSPS) is 25.1. The molecule has 6 rings (SSSR count). The van der Waals surface area contributed by atoms with Gasteiger partial charge in [-0.3, -0.25) is 9.59 Å². The third-order valence-corrected chi connectivity index (χ3v) is 8.60. The quantitative estimate of drug-likeness (QED) is 0.390. The van der Waals surface area contributed by atoms with E-state index in [1.54, 1.807) is 42.5 Å². The number of piperidine rings is 1. The zero-order valence-electron chi connectivity index (χ0n) is 21.4. The van der Waals surface area contributed by atoms with E-state index in [2.05, 4.69) is 17.6 Å². The molecular formula is C30H27Cl2FN2O4. The summed E-state index contributed by atoms with van der Waals surface area (Å²) in [5.74, 6) is -1.18. The number of halogens is 3. The number of anilines is 1. The predicted molar refractivity (Wildman–Crippen MR) is 147 cm³/mol. The first-order chi connectivity index (χ1) is 18.6. The lowest BCUT2D eigenvalue weighted by Crippen LogP contribution is -2.57. The van der Waals surface area contributed by atoms with E-state index >= 15 is 0 Å². The summed E-state index contributed by atoms with van der Waals surface area (Å²) >= 11 is 12.8. The molecule has 0 aromatic heterocycles. The average molecular weight is 569 g/mol. The highest BCUT2D eigenvalue weighted by Gasteiger charge is 2.62. The van der Waals surface area contributed by atoms with E-state index in [0.29, 0.717) is 58.0 Å². The third-order valence-electron chi connectivity index (χ3n) is 8.13. The van der Waals surface area contributed by atoms with Crippen molar-refractivity contribution in [3.05, 3.63) is 92.7 Å². The molecule has 0 unspecified atom stereocenters. The van der Waals surface area contributed by atoms with Gasteiger partial charge in [-0.05, 0) is 66.1 Å². The highest BCUT2D eigenvalue weighted by atomic mass is 35.5. The summed E-state index contributed by atoms with van der Waals surface area (Å²) in [6.07, 6.45) is -0.00255. The Morgan fingerprint density at radius 2 is 1.77 bits per heavy atom. The van der Waals surface area contributed by atoms with Crippen LogP contribution in [-0.4, -0.2) is 31.6 Å². The Kier molecular flexibility index (Phi) is 6.36. The van der Waals surface area contributed by atoms with E-state index < -0.39 is 23.2 Å². The van der Waals surface area contributed by atoms with Crippen LogP contribution in [0.4, 0.5) is 10.1 Å². The largest absolute Gasteiger partial charge is 0.493 e. The zero-order chi connectivity index (χ0) is 27.5. The number of fused-ring (bicyclic) bond motifs is 2. The van der Waals surface area contributed by atoms with Crippen LogP contribution in [0.25, 0.3) is 0 Å². The van der Waals surface area contributed by atoms with E-state index in [1.807, 2.05) is 6.92 Å². The summed E-state index contributed by atoms with van der Waals surface area (Å²) in [6.45, 7) is 5.49. The molecule has 2 fully saturated rings. The molecule has 0 aliphatic carbocycles. The topological polar surface area (TPSA) is 76.7 Å². The molecule has 0 radical (unpaired) electrons. The van der Waals surface area contributed by atoms with Crippen molar-refractivity contribution in [2.45, 2.75) is 37.6 Å². The number of benzene rings is 3. The van der Waals surface area contributed by atoms with Gasteiger partial charge in [0.05, 0.1) is 25.9 Å². The van der Waals surface area contributed by atoms with E-state index in [4.69, 9.17) is 32.7 Å². The Hall–Kier alpha value is -3.13. The van der Waals surface area contributed by atoms with Crippen LogP contribution in [0.15, 0.2) is 54.6 Å². The highest BCUT2D eigenvalue weighted by molar-refractivity contribution is 6.31. The fourth-order valence-corrected chi connectivity index (χ4v) is 6.50. The molecule has 202 valence electrons. The van der Waals surface area contributed by atoms with E-state index in [-0.39, 0.29) is 23.7 Å². The van der Waals surface area contributed by atoms with Gasteiger partial charge in [-0.2, -0.15) is 0 Å². The van der Waals surface area contributed by atoms with Gasteiger partial charge >= 0.3 is 0 Å². The number of rotatable bonds is 5. The molecule has 2 saturated heterocycles. The minimum absolute atomic E-state index is 0.00255. The molecule has 3 aromatic rings. The standard InChI is InChI=1S/C30H27Cl2FN2O4/c1-16-3-6-19(33)11-20(16)27-30(22-7-4-18(32)10-24(22)34-28(30)37)23(12-26(36)35-27)21-9-17(31)5-8-25(21)39-15-29(2)13-38-14-29/h3-11,23,27H,12-15H2,1-2H3,(H,34,37)(H,35,36)/t23-,27+,30-/m1/s1. The number of aryl methyl sites for hydroxylation is 1. The van der Waals surface area contributed by atoms with Gasteiger partial charge in [-0.25, -0.2) is 4.39 Å². The summed E-state index contributed by atoms with van der Waals surface area (Å²) < 4.78 is 26.3. The Morgan fingerprint density at radius 3 is 2.51 bits per heavy atom. The van der Waals surface area contributed by atoms with Crippen LogP contribution in [0.1, 0.15) is 47.6 Å². The molecule has 9 heteroatoms. The molecule has 3 heterocycles.